The molecule has 20 heavy (non-hydrogen) atoms. The number of amides is 1. The van der Waals surface area contributed by atoms with E-state index in [0.29, 0.717) is 0 Å². The van der Waals surface area contributed by atoms with Crippen LogP contribution in [0.1, 0.15) is 33.6 Å². The summed E-state index contributed by atoms with van der Waals surface area (Å²) in [5.41, 5.74) is 7.74. The summed E-state index contributed by atoms with van der Waals surface area (Å²) in [5.74, 6) is 0.263. The Morgan fingerprint density at radius 1 is 1.45 bits per heavy atom. The first-order chi connectivity index (χ1) is 9.21. The number of rotatable bonds is 0. The van der Waals surface area contributed by atoms with Gasteiger partial charge in [-0.3, -0.25) is 0 Å². The zero-order chi connectivity index (χ0) is 15.0. The molecular weight excluding hydrogens is 252 g/mol. The van der Waals surface area contributed by atoms with Gasteiger partial charge in [0.15, 0.2) is 0 Å². The summed E-state index contributed by atoms with van der Waals surface area (Å²) >= 11 is 0. The largest absolute Gasteiger partial charge is 0.521 e. The molecular formula is C16H25N2O2+. The van der Waals surface area contributed by atoms with Crippen LogP contribution in [0.2, 0.25) is 0 Å². The minimum atomic E-state index is -0.462. The molecule has 110 valence electrons. The van der Waals surface area contributed by atoms with Crippen LogP contribution in [0.4, 0.5) is 4.79 Å². The highest BCUT2D eigenvalue weighted by atomic mass is 16.6. The maximum atomic E-state index is 12.4. The Morgan fingerprint density at radius 2 is 2.15 bits per heavy atom. The lowest BCUT2D eigenvalue weighted by atomic mass is 9.88. The van der Waals surface area contributed by atoms with Gasteiger partial charge in [0, 0.05) is 18.0 Å². The Hall–Kier alpha value is -1.55. The number of hydrogen-bond donors (Lipinski definition) is 1. The van der Waals surface area contributed by atoms with Crippen LogP contribution in [-0.4, -0.2) is 29.8 Å². The van der Waals surface area contributed by atoms with Crippen LogP contribution in [-0.2, 0) is 4.74 Å². The van der Waals surface area contributed by atoms with Crippen LogP contribution in [0.3, 0.4) is 0 Å². The molecule has 2 atom stereocenters. The smallest absolute Gasteiger partial charge is 0.414 e. The third kappa shape index (κ3) is 3.12. The van der Waals surface area contributed by atoms with Crippen molar-refractivity contribution in [2.75, 3.05) is 13.6 Å². The molecule has 1 amide bonds. The molecule has 2 unspecified atom stereocenters. The fourth-order valence-corrected chi connectivity index (χ4v) is 2.69. The molecule has 0 bridgehead atoms. The fourth-order valence-electron chi connectivity index (χ4n) is 2.69. The summed E-state index contributed by atoms with van der Waals surface area (Å²) in [6.45, 7) is 6.40. The lowest BCUT2D eigenvalue weighted by Gasteiger charge is -2.36. The fraction of sp³-hybridized carbons (Fsp3) is 0.562. The van der Waals surface area contributed by atoms with Gasteiger partial charge in [0.05, 0.1) is 13.6 Å². The lowest BCUT2D eigenvalue weighted by molar-refractivity contribution is -0.789. The highest BCUT2D eigenvalue weighted by molar-refractivity contribution is 5.61. The molecule has 0 saturated carbocycles. The maximum absolute atomic E-state index is 12.4. The number of quaternary nitrogens is 1. The minimum absolute atomic E-state index is 0.195. The van der Waals surface area contributed by atoms with E-state index in [1.54, 1.807) is 0 Å². The van der Waals surface area contributed by atoms with Crippen molar-refractivity contribution in [2.45, 2.75) is 39.2 Å². The Labute approximate surface area is 121 Å². The van der Waals surface area contributed by atoms with Gasteiger partial charge in [-0.2, -0.15) is 9.28 Å². The number of hydrogen-bond acceptors (Lipinski definition) is 3. The third-order valence-electron chi connectivity index (χ3n) is 3.77. The molecule has 1 aliphatic heterocycles. The molecule has 0 aromatic carbocycles. The second-order valence-corrected chi connectivity index (χ2v) is 6.82. The van der Waals surface area contributed by atoms with Gasteiger partial charge in [0.2, 0.25) is 0 Å². The van der Waals surface area contributed by atoms with Crippen LogP contribution in [0, 0.1) is 5.92 Å². The van der Waals surface area contributed by atoms with Crippen molar-refractivity contribution in [1.29, 1.82) is 0 Å². The SMILES string of the molecule is CC(C)(C)OC(=O)[N+]1(C)C=C2CC=CC=C(N)C2CC1. The van der Waals surface area contributed by atoms with E-state index in [1.807, 2.05) is 46.2 Å². The molecule has 0 aromatic heterocycles. The van der Waals surface area contributed by atoms with Crippen molar-refractivity contribution in [3.63, 3.8) is 0 Å². The Balaban J connectivity index is 2.25. The third-order valence-corrected chi connectivity index (χ3v) is 3.77. The van der Waals surface area contributed by atoms with Gasteiger partial charge in [-0.15, -0.1) is 0 Å². The van der Waals surface area contributed by atoms with E-state index in [9.17, 15) is 4.79 Å². The first-order valence-electron chi connectivity index (χ1n) is 7.14. The van der Waals surface area contributed by atoms with Crippen LogP contribution in [0.15, 0.2) is 35.7 Å². The van der Waals surface area contributed by atoms with Crippen LogP contribution >= 0.6 is 0 Å². The first-order valence-corrected chi connectivity index (χ1v) is 7.14. The minimum Gasteiger partial charge on any atom is -0.414 e. The zero-order valence-corrected chi connectivity index (χ0v) is 12.8. The van der Waals surface area contributed by atoms with Gasteiger partial charge in [0.1, 0.15) is 11.8 Å². The molecule has 2 rings (SSSR count). The Morgan fingerprint density at radius 3 is 2.80 bits per heavy atom. The second-order valence-electron chi connectivity index (χ2n) is 6.82. The van der Waals surface area contributed by atoms with Crippen molar-refractivity contribution < 1.29 is 14.0 Å². The van der Waals surface area contributed by atoms with E-state index in [2.05, 4.69) is 6.08 Å². The predicted molar refractivity (Wildman–Crippen MR) is 79.5 cm³/mol. The lowest BCUT2D eigenvalue weighted by Crippen LogP contribution is -2.51. The van der Waals surface area contributed by atoms with Crippen LogP contribution < -0.4 is 5.73 Å². The van der Waals surface area contributed by atoms with Crippen LogP contribution in [0.5, 0.6) is 0 Å². The van der Waals surface area contributed by atoms with E-state index >= 15 is 0 Å². The molecule has 4 heteroatoms. The molecule has 2 N–H and O–H groups in total. The molecule has 0 fully saturated rings. The summed E-state index contributed by atoms with van der Waals surface area (Å²) in [7, 11) is 1.91. The number of fused-ring (bicyclic) bond motifs is 1. The Kier molecular flexibility index (Phi) is 3.78. The monoisotopic (exact) mass is 277 g/mol. The number of nitrogens with two attached hydrogens (primary N) is 1. The molecule has 1 heterocycles. The molecule has 2 aliphatic rings. The van der Waals surface area contributed by atoms with Gasteiger partial charge in [-0.05, 0) is 38.8 Å². The molecule has 4 nitrogen and oxygen atoms in total. The molecule has 0 radical (unpaired) electrons. The molecule has 1 aliphatic carbocycles. The summed E-state index contributed by atoms with van der Waals surface area (Å²) in [6, 6.07) is 0. The van der Waals surface area contributed by atoms with E-state index in [0.717, 1.165) is 25.1 Å². The predicted octanol–water partition coefficient (Wildman–Crippen LogP) is 3.07. The number of carbonyl (C=O) groups is 1. The van der Waals surface area contributed by atoms with Crippen LogP contribution in [0.25, 0.3) is 0 Å². The summed E-state index contributed by atoms with van der Waals surface area (Å²) in [4.78, 5) is 12.4. The van der Waals surface area contributed by atoms with Gasteiger partial charge >= 0.3 is 6.09 Å². The van der Waals surface area contributed by atoms with Gasteiger partial charge < -0.3 is 10.5 Å². The Bertz CT molecular complexity index is 497. The highest BCUT2D eigenvalue weighted by Gasteiger charge is 2.40. The van der Waals surface area contributed by atoms with Crippen molar-refractivity contribution in [2.24, 2.45) is 11.7 Å². The number of carbonyl (C=O) groups excluding carboxylic acids is 1. The normalized spacial score (nSPS) is 29.9. The number of nitrogens with zero attached hydrogens (tertiary/aromatic N) is 1. The first kappa shape index (κ1) is 14.9. The van der Waals surface area contributed by atoms with E-state index < -0.39 is 5.60 Å². The zero-order valence-electron chi connectivity index (χ0n) is 12.8. The highest BCUT2D eigenvalue weighted by Crippen LogP contribution is 2.34. The topological polar surface area (TPSA) is 52.3 Å². The average molecular weight is 277 g/mol. The second kappa shape index (κ2) is 5.09. The van der Waals surface area contributed by atoms with Crippen molar-refractivity contribution >= 4 is 6.09 Å². The molecule has 0 saturated heterocycles. The van der Waals surface area contributed by atoms with E-state index in [1.165, 1.54) is 5.57 Å². The van der Waals surface area contributed by atoms with Crippen molar-refractivity contribution in [1.82, 2.24) is 0 Å². The summed E-state index contributed by atoms with van der Waals surface area (Å²) < 4.78 is 5.74. The molecule has 0 aromatic rings. The number of allylic oxidation sites excluding steroid dienone is 4. The molecule has 0 spiro atoms. The van der Waals surface area contributed by atoms with Gasteiger partial charge in [0.25, 0.3) is 0 Å². The number of ether oxygens (including phenoxy) is 1. The van der Waals surface area contributed by atoms with Gasteiger partial charge in [-0.25, -0.2) is 0 Å². The van der Waals surface area contributed by atoms with E-state index in [-0.39, 0.29) is 16.5 Å². The standard InChI is InChI=1S/C16H25N2O2/c1-16(2,3)20-15(19)18(4)10-9-13-12(11-18)7-5-6-8-14(13)17/h5-6,8,11,13H,7,9-10,17H2,1-4H3/q+1. The van der Waals surface area contributed by atoms with Crippen molar-refractivity contribution in [3.05, 3.63) is 35.7 Å². The quantitative estimate of drug-likeness (QED) is 0.692. The van der Waals surface area contributed by atoms with Gasteiger partial charge in [-0.1, -0.05) is 12.2 Å². The average Bonchev–Trinajstić information content (AvgIpc) is 2.49. The van der Waals surface area contributed by atoms with E-state index in [4.69, 9.17) is 10.5 Å². The maximum Gasteiger partial charge on any atom is 0.521 e. The summed E-state index contributed by atoms with van der Waals surface area (Å²) in [5, 5.41) is 0. The summed E-state index contributed by atoms with van der Waals surface area (Å²) in [6.07, 6.45) is 9.60. The van der Waals surface area contributed by atoms with Crippen molar-refractivity contribution in [3.8, 4) is 0 Å².